The Bertz CT molecular complexity index is 336. The quantitative estimate of drug-likeness (QED) is 0.532. The molecule has 0 amide bonds. The molecule has 0 aliphatic carbocycles. The first-order chi connectivity index (χ1) is 7.99. The number of nitrogens with zero attached hydrogens (tertiary/aromatic N) is 2. The Morgan fingerprint density at radius 3 is 2.29 bits per heavy atom. The van der Waals surface area contributed by atoms with Crippen molar-refractivity contribution >= 4 is 5.78 Å². The van der Waals surface area contributed by atoms with E-state index in [1.165, 1.54) is 6.92 Å². The zero-order valence-electron chi connectivity index (χ0n) is 10.9. The van der Waals surface area contributed by atoms with Crippen LogP contribution in [0.5, 0.6) is 0 Å². The number of hydrogen-bond donors (Lipinski definition) is 0. The summed E-state index contributed by atoms with van der Waals surface area (Å²) in [5, 5.41) is 0. The third-order valence-electron chi connectivity index (χ3n) is 3.00. The fraction of sp³-hybridized carbons (Fsp3) is 0.500. The van der Waals surface area contributed by atoms with Crippen LogP contribution in [0.2, 0.25) is 0 Å². The first-order valence-corrected chi connectivity index (χ1v) is 5.95. The van der Waals surface area contributed by atoms with Gasteiger partial charge in [-0.2, -0.15) is 0 Å². The van der Waals surface area contributed by atoms with Gasteiger partial charge < -0.3 is 4.90 Å². The van der Waals surface area contributed by atoms with Crippen LogP contribution in [0.3, 0.4) is 0 Å². The van der Waals surface area contributed by atoms with Crippen molar-refractivity contribution in [1.29, 1.82) is 0 Å². The Morgan fingerprint density at radius 1 is 1.18 bits per heavy atom. The molecule has 0 unspecified atom stereocenters. The molecule has 0 radical (unpaired) electrons. The van der Waals surface area contributed by atoms with E-state index < -0.39 is 0 Å². The highest BCUT2D eigenvalue weighted by molar-refractivity contribution is 5.95. The monoisotopic (exact) mass is 234 g/mol. The van der Waals surface area contributed by atoms with Crippen LogP contribution in [0.25, 0.3) is 0 Å². The summed E-state index contributed by atoms with van der Waals surface area (Å²) in [4.78, 5) is 15.7. The summed E-state index contributed by atoms with van der Waals surface area (Å²) < 4.78 is 0. The number of Topliss-reactive ketones (excluding diaryl/α,β-unsaturated/α-hetero) is 1. The molecule has 0 spiro atoms. The average Bonchev–Trinajstić information content (AvgIpc) is 2.29. The molecule has 1 rings (SSSR count). The highest BCUT2D eigenvalue weighted by atomic mass is 16.1. The lowest BCUT2D eigenvalue weighted by Gasteiger charge is -2.32. The molecule has 0 aromatic rings. The third kappa shape index (κ3) is 5.11. The van der Waals surface area contributed by atoms with E-state index in [2.05, 4.69) is 30.0 Å². The summed E-state index contributed by atoms with van der Waals surface area (Å²) in [6.07, 6.45) is 3.64. The minimum absolute atomic E-state index is 0.00801. The number of carbonyl (C=O) groups is 1. The molecule has 0 aromatic carbocycles. The molecular formula is C14H22N2O. The molecule has 0 saturated carbocycles. The van der Waals surface area contributed by atoms with Gasteiger partial charge in [0.1, 0.15) is 0 Å². The van der Waals surface area contributed by atoms with E-state index in [1.807, 2.05) is 6.08 Å². The molecule has 0 aromatic heterocycles. The predicted octanol–water partition coefficient (Wildman–Crippen LogP) is 1.49. The van der Waals surface area contributed by atoms with Gasteiger partial charge in [-0.25, -0.2) is 0 Å². The van der Waals surface area contributed by atoms with Crippen molar-refractivity contribution in [2.45, 2.75) is 6.92 Å². The molecule has 1 aliphatic heterocycles. The zero-order chi connectivity index (χ0) is 12.8. The minimum Gasteiger partial charge on any atom is -0.304 e. The van der Waals surface area contributed by atoms with E-state index in [9.17, 15) is 4.79 Å². The number of likely N-dealkylation sites (N-methyl/N-ethyl adjacent to an activating group) is 1. The standard InChI is InChI=1S/C14H22N2O/c1-12(5-6-13(2)14(3)17)11-16-9-7-15(4)8-10-16/h5-6H,1-2,7-11H2,3-4H3/b6-5-. The number of piperazine rings is 1. The van der Waals surface area contributed by atoms with Gasteiger partial charge in [0, 0.05) is 38.3 Å². The van der Waals surface area contributed by atoms with Crippen molar-refractivity contribution in [3.63, 3.8) is 0 Å². The Labute approximate surface area is 104 Å². The van der Waals surface area contributed by atoms with Gasteiger partial charge in [-0.1, -0.05) is 25.3 Å². The van der Waals surface area contributed by atoms with E-state index >= 15 is 0 Å². The van der Waals surface area contributed by atoms with Crippen molar-refractivity contribution in [2.75, 3.05) is 39.8 Å². The molecule has 0 bridgehead atoms. The van der Waals surface area contributed by atoms with E-state index in [4.69, 9.17) is 0 Å². The van der Waals surface area contributed by atoms with Gasteiger partial charge in [-0.05, 0) is 19.5 Å². The SMILES string of the molecule is C=C(/C=C\C(=C)C(C)=O)CN1CCN(C)CC1. The molecule has 94 valence electrons. The molecule has 0 N–H and O–H groups in total. The van der Waals surface area contributed by atoms with Crippen LogP contribution in [0.15, 0.2) is 36.5 Å². The Balaban J connectivity index is 2.34. The molecule has 1 heterocycles. The number of hydrogen-bond acceptors (Lipinski definition) is 3. The largest absolute Gasteiger partial charge is 0.304 e. The van der Waals surface area contributed by atoms with Crippen LogP contribution < -0.4 is 0 Å². The molecule has 3 nitrogen and oxygen atoms in total. The van der Waals surface area contributed by atoms with Gasteiger partial charge in [-0.15, -0.1) is 0 Å². The van der Waals surface area contributed by atoms with Crippen LogP contribution in [0.1, 0.15) is 6.92 Å². The van der Waals surface area contributed by atoms with Crippen molar-refractivity contribution in [3.8, 4) is 0 Å². The highest BCUT2D eigenvalue weighted by Crippen LogP contribution is 2.05. The maximum absolute atomic E-state index is 11.0. The second-order valence-corrected chi connectivity index (χ2v) is 4.65. The predicted molar refractivity (Wildman–Crippen MR) is 72.0 cm³/mol. The lowest BCUT2D eigenvalue weighted by atomic mass is 10.1. The summed E-state index contributed by atoms with van der Waals surface area (Å²) in [5.74, 6) is 0.00801. The second-order valence-electron chi connectivity index (χ2n) is 4.65. The summed E-state index contributed by atoms with van der Waals surface area (Å²) in [7, 11) is 2.14. The number of allylic oxidation sites excluding steroid dienone is 2. The maximum atomic E-state index is 11.0. The smallest absolute Gasteiger partial charge is 0.159 e. The van der Waals surface area contributed by atoms with Crippen LogP contribution in [-0.2, 0) is 4.79 Å². The van der Waals surface area contributed by atoms with Crippen LogP contribution >= 0.6 is 0 Å². The van der Waals surface area contributed by atoms with Gasteiger partial charge in [-0.3, -0.25) is 9.69 Å². The number of carbonyl (C=O) groups excluding carboxylic acids is 1. The summed E-state index contributed by atoms with van der Waals surface area (Å²) in [5.41, 5.74) is 1.56. The van der Waals surface area contributed by atoms with E-state index in [-0.39, 0.29) is 5.78 Å². The molecule has 1 fully saturated rings. The maximum Gasteiger partial charge on any atom is 0.159 e. The third-order valence-corrected chi connectivity index (χ3v) is 3.00. The van der Waals surface area contributed by atoms with Crippen LogP contribution in [0.4, 0.5) is 0 Å². The average molecular weight is 234 g/mol. The van der Waals surface area contributed by atoms with Gasteiger partial charge in [0.05, 0.1) is 0 Å². The lowest BCUT2D eigenvalue weighted by Crippen LogP contribution is -2.44. The molecule has 17 heavy (non-hydrogen) atoms. The minimum atomic E-state index is 0.00801. The summed E-state index contributed by atoms with van der Waals surface area (Å²) in [6, 6.07) is 0. The first-order valence-electron chi connectivity index (χ1n) is 5.95. The number of rotatable bonds is 5. The molecule has 3 heteroatoms. The van der Waals surface area contributed by atoms with Crippen molar-refractivity contribution in [3.05, 3.63) is 36.5 Å². The molecular weight excluding hydrogens is 212 g/mol. The summed E-state index contributed by atoms with van der Waals surface area (Å²) in [6.45, 7) is 14.5. The van der Waals surface area contributed by atoms with Gasteiger partial charge in [0.15, 0.2) is 5.78 Å². The van der Waals surface area contributed by atoms with Gasteiger partial charge in [0.2, 0.25) is 0 Å². The van der Waals surface area contributed by atoms with E-state index in [0.717, 1.165) is 38.3 Å². The Kier molecular flexibility index (Phi) is 5.32. The van der Waals surface area contributed by atoms with Crippen molar-refractivity contribution < 1.29 is 4.79 Å². The topological polar surface area (TPSA) is 23.6 Å². The van der Waals surface area contributed by atoms with E-state index in [1.54, 1.807) is 6.08 Å². The van der Waals surface area contributed by atoms with Gasteiger partial charge >= 0.3 is 0 Å². The van der Waals surface area contributed by atoms with Gasteiger partial charge in [0.25, 0.3) is 0 Å². The number of ketones is 1. The van der Waals surface area contributed by atoms with Crippen LogP contribution in [0, 0.1) is 0 Å². The lowest BCUT2D eigenvalue weighted by molar-refractivity contribution is -0.113. The molecule has 1 aliphatic rings. The Morgan fingerprint density at radius 2 is 1.76 bits per heavy atom. The fourth-order valence-electron chi connectivity index (χ4n) is 1.68. The fourth-order valence-corrected chi connectivity index (χ4v) is 1.68. The normalized spacial score (nSPS) is 18.5. The molecule has 1 saturated heterocycles. The zero-order valence-corrected chi connectivity index (χ0v) is 10.9. The van der Waals surface area contributed by atoms with Crippen LogP contribution in [-0.4, -0.2) is 55.4 Å². The first kappa shape index (κ1) is 13.9. The summed E-state index contributed by atoms with van der Waals surface area (Å²) >= 11 is 0. The molecule has 0 atom stereocenters. The highest BCUT2D eigenvalue weighted by Gasteiger charge is 2.13. The van der Waals surface area contributed by atoms with Crippen molar-refractivity contribution in [2.24, 2.45) is 0 Å². The van der Waals surface area contributed by atoms with E-state index in [0.29, 0.717) is 5.57 Å². The second kappa shape index (κ2) is 6.52. The van der Waals surface area contributed by atoms with Crippen molar-refractivity contribution in [1.82, 2.24) is 9.80 Å². The Hall–Kier alpha value is -1.19.